The van der Waals surface area contributed by atoms with Crippen LogP contribution in [0, 0.1) is 71.0 Å². The fraction of sp³-hybridized carbons (Fsp3) is 0.619. The number of benzene rings is 1. The van der Waals surface area contributed by atoms with E-state index in [-0.39, 0.29) is 94.0 Å². The van der Waals surface area contributed by atoms with Gasteiger partial charge in [-0.25, -0.2) is 9.55 Å². The van der Waals surface area contributed by atoms with E-state index in [0.29, 0.717) is 56.4 Å². The fourth-order valence-corrected chi connectivity index (χ4v) is 16.5. The van der Waals surface area contributed by atoms with Crippen LogP contribution in [0.5, 0.6) is 0 Å². The van der Waals surface area contributed by atoms with Crippen molar-refractivity contribution in [3.63, 3.8) is 0 Å². The van der Waals surface area contributed by atoms with Crippen LogP contribution in [0.4, 0.5) is 0 Å². The smallest absolute Gasteiger partial charge is 0.682 e. The number of phosphoric ester groups is 1. The number of imidazole rings is 1. The number of ether oxygens (including phenoxy) is 1. The Balaban J connectivity index is 0.00000453. The van der Waals surface area contributed by atoms with Gasteiger partial charge in [0.2, 0.25) is 41.4 Å². The number of rotatable bonds is 26. The van der Waals surface area contributed by atoms with Gasteiger partial charge < -0.3 is 81.3 Å². The molecular weight excluding hydrogens is 1270 g/mol. The van der Waals surface area contributed by atoms with E-state index in [1.165, 1.54) is 13.3 Å². The van der Waals surface area contributed by atoms with E-state index in [2.05, 4.69) is 10.3 Å². The van der Waals surface area contributed by atoms with Crippen molar-refractivity contribution in [1.29, 1.82) is 5.26 Å². The molecule has 15 atom stereocenters. The minimum absolute atomic E-state index is 0. The number of aromatic nitrogens is 2. The summed E-state index contributed by atoms with van der Waals surface area (Å²) in [6.45, 7) is 23.9. The van der Waals surface area contributed by atoms with Gasteiger partial charge in [-0.15, -0.1) is 0 Å². The van der Waals surface area contributed by atoms with E-state index in [9.17, 15) is 53.2 Å². The molecule has 508 valence electrons. The van der Waals surface area contributed by atoms with Crippen LogP contribution >= 0.6 is 7.82 Å². The Bertz CT molecular complexity index is 3600. The molecule has 7 amide bonds. The Labute approximate surface area is 551 Å². The molecule has 0 saturated carbocycles. The SMILES string of the molecule is C/C1=C2/[N-][C@H]([C@H](CC(N)=O)[C@@]2(C)CCC(=O)NC[C@@H](C)OP(=O)(O)O[C@H]2[C@@H](O)[C@@H](n3cnc4cc(C)c(C)cc43)O[C@@H]2CO)[C@]2(C)N=C(/C(C)=C3N=C(/C=C4N=C1[C@@H](CCC(N)=O)C\4(C)C)[C@@H](CCC(N)=O)[C@]\3(C)CC(N)=O)[C@@H](CCC(N)=O)[C@]2(C)CC(N)=O.[C-]#N.[Co+3]. The number of carbonyl (C=O) groups is 7. The second kappa shape index (κ2) is 28.5. The second-order valence-electron chi connectivity index (χ2n) is 27.0. The number of phosphoric acid groups is 1. The molecule has 7 heterocycles. The number of nitrogens with two attached hydrogens (primary N) is 6. The summed E-state index contributed by atoms with van der Waals surface area (Å²) in [6.07, 6.45) is -4.47. The number of amides is 7. The summed E-state index contributed by atoms with van der Waals surface area (Å²) in [5.74, 6) is -7.34. The first-order valence-corrected chi connectivity index (χ1v) is 32.2. The number of aliphatic imine (C=N–C) groups is 3. The van der Waals surface area contributed by atoms with E-state index < -0.39 is 143 Å². The molecule has 1 unspecified atom stereocenters. The molecule has 8 rings (SSSR count). The van der Waals surface area contributed by atoms with Crippen LogP contribution in [-0.2, 0) is 68.7 Å². The standard InChI is InChI=1S/C62H90N13O14P.CN.Co/c1-29-20-39-40(21-30(29)2)75(28-70-39)57-52(84)53(41(27-76)87-57)89-90(85,86)88-31(3)26-69-49(83)18-19-59(8)37(22-46(66)80)56-62(11)61(10,25-48(68)82)36(14-17-45(65)79)51(74-62)33(5)55-60(9,24-47(67)81)34(12-15-43(63)77)38(71-55)23-42-58(6,7)35(13-16-44(64)78)50(72-42)32(4)54(59)73-56;1-2;/h20-21,23,28,31,34-37,41,52-53,56-57,76,84H,12-19,22,24-27H2,1-11H3,(H15,63,64,65,66,67,68,69,71,72,73,74,77,78,79,80,81,82,83,85,86);;/q;-1;+3/p-1/t31-,34-,35-,36-,37+,41-,52-,53-,56-,57+,59-,60+,61+,62+;;/m1../s1. The van der Waals surface area contributed by atoms with Crippen LogP contribution in [0.1, 0.15) is 150 Å². The third-order valence-electron chi connectivity index (χ3n) is 20.5. The van der Waals surface area contributed by atoms with Crippen LogP contribution in [0.15, 0.2) is 67.8 Å². The van der Waals surface area contributed by atoms with Crippen LogP contribution in [0.2, 0.25) is 0 Å². The minimum Gasteiger partial charge on any atom is -0.682 e. The molecule has 0 spiro atoms. The molecule has 1 aromatic heterocycles. The number of aliphatic hydroxyl groups is 2. The zero-order valence-electron chi connectivity index (χ0n) is 54.5. The maximum absolute atomic E-state index is 14.4. The van der Waals surface area contributed by atoms with Crippen molar-refractivity contribution in [2.24, 2.45) is 94.7 Å². The first-order valence-electron chi connectivity index (χ1n) is 30.7. The van der Waals surface area contributed by atoms with Gasteiger partial charge in [0.05, 0.1) is 41.3 Å². The molecule has 8 bridgehead atoms. The molecule has 16 N–H and O–H groups in total. The van der Waals surface area contributed by atoms with E-state index in [0.717, 1.165) is 11.1 Å². The summed E-state index contributed by atoms with van der Waals surface area (Å²) in [5, 5.41) is 36.5. The number of nitrogens with one attached hydrogen (secondary N) is 1. The van der Waals surface area contributed by atoms with Gasteiger partial charge in [0, 0.05) is 108 Å². The van der Waals surface area contributed by atoms with Crippen molar-refractivity contribution in [1.82, 2.24) is 14.9 Å². The Morgan fingerprint density at radius 1 is 0.796 bits per heavy atom. The molecule has 6 aliphatic rings. The van der Waals surface area contributed by atoms with Crippen molar-refractivity contribution in [2.45, 2.75) is 189 Å². The molecule has 2 saturated heterocycles. The zero-order valence-corrected chi connectivity index (χ0v) is 56.4. The predicted molar refractivity (Wildman–Crippen MR) is 339 cm³/mol. The van der Waals surface area contributed by atoms with E-state index >= 15 is 0 Å². The average molecular weight is 1360 g/mol. The number of fused-ring (bicyclic) bond motifs is 7. The van der Waals surface area contributed by atoms with Gasteiger partial charge in [0.25, 0.3) is 0 Å². The number of hydrogen-bond acceptors (Lipinski definition) is 18. The van der Waals surface area contributed by atoms with Crippen LogP contribution < -0.4 is 39.7 Å². The number of carbonyl (C=O) groups excluding carboxylic acids is 7. The topological polar surface area (TPSA) is 486 Å². The number of primary amides is 6. The Hall–Kier alpha value is -7.00. The minimum atomic E-state index is -5.07. The fourth-order valence-electron chi connectivity index (χ4n) is 15.3. The molecule has 0 aliphatic carbocycles. The van der Waals surface area contributed by atoms with Crippen molar-refractivity contribution in [3.05, 3.63) is 75.8 Å². The van der Waals surface area contributed by atoms with Crippen LogP contribution in [0.3, 0.4) is 0 Å². The predicted octanol–water partition coefficient (Wildman–Crippen LogP) is 4.04. The van der Waals surface area contributed by atoms with Crippen LogP contribution in [-0.4, -0.2) is 132 Å². The molecule has 0 radical (unpaired) electrons. The number of hydrogen-bond donors (Lipinski definition) is 10. The van der Waals surface area contributed by atoms with Gasteiger partial charge >= 0.3 is 24.6 Å². The molecule has 1 aromatic carbocycles. The van der Waals surface area contributed by atoms with Gasteiger partial charge in [-0.05, 0) is 119 Å². The summed E-state index contributed by atoms with van der Waals surface area (Å²) in [5.41, 5.74) is 36.8. The van der Waals surface area contributed by atoms with Gasteiger partial charge in [-0.2, -0.15) is 5.70 Å². The molecule has 2 fully saturated rings. The van der Waals surface area contributed by atoms with Crippen molar-refractivity contribution in [2.75, 3.05) is 13.2 Å². The molecule has 2 aromatic rings. The number of aryl methyl sites for hydroxylation is 2. The maximum atomic E-state index is 14.4. The average Bonchev–Trinajstić information content (AvgIpc) is 1.53. The van der Waals surface area contributed by atoms with E-state index in [4.69, 9.17) is 80.3 Å². The van der Waals surface area contributed by atoms with E-state index in [1.807, 2.05) is 80.5 Å². The monoisotopic (exact) mass is 1360 g/mol. The maximum Gasteiger partial charge on any atom is 3.00 e. The molecule has 28 nitrogen and oxygen atoms in total. The Morgan fingerprint density at radius 2 is 1.38 bits per heavy atom. The third kappa shape index (κ3) is 14.6. The number of nitrogens with zero attached hydrogens (tertiary/aromatic N) is 7. The summed E-state index contributed by atoms with van der Waals surface area (Å²) in [4.78, 5) is 125. The summed E-state index contributed by atoms with van der Waals surface area (Å²) < 4.78 is 32.3. The summed E-state index contributed by atoms with van der Waals surface area (Å²) in [7, 11) is -5.07. The second-order valence-corrected chi connectivity index (χ2v) is 28.4. The van der Waals surface area contributed by atoms with Gasteiger partial charge in [-0.3, -0.25) is 57.6 Å². The first-order chi connectivity index (χ1) is 42.8. The van der Waals surface area contributed by atoms with Gasteiger partial charge in [0.15, 0.2) is 6.23 Å². The number of aliphatic hydroxyl groups excluding tert-OH is 2. The Morgan fingerprint density at radius 3 is 1.95 bits per heavy atom. The van der Waals surface area contributed by atoms with Crippen molar-refractivity contribution >= 4 is 77.3 Å². The van der Waals surface area contributed by atoms with E-state index in [1.54, 1.807) is 11.5 Å². The van der Waals surface area contributed by atoms with Gasteiger partial charge in [0.1, 0.15) is 18.3 Å². The summed E-state index contributed by atoms with van der Waals surface area (Å²) in [6, 6.07) is 2.68. The first kappa shape index (κ1) is 75.0. The molecule has 93 heavy (non-hydrogen) atoms. The molecular formula is C63H89CoN14O14P+. The Kier molecular flexibility index (Phi) is 23.0. The third-order valence-corrected chi connectivity index (χ3v) is 21.6. The molecule has 6 aliphatic heterocycles. The van der Waals surface area contributed by atoms with Crippen molar-refractivity contribution < 1.29 is 83.8 Å². The quantitative estimate of drug-likeness (QED) is 0.0469. The normalized spacial score (nSPS) is 33.1. The number of allylic oxidation sites excluding steroid dienone is 6. The van der Waals surface area contributed by atoms with Crippen molar-refractivity contribution in [3.8, 4) is 0 Å². The zero-order chi connectivity index (χ0) is 68.7. The molecule has 30 heteroatoms. The van der Waals surface area contributed by atoms with Crippen LogP contribution in [0.25, 0.3) is 16.4 Å². The van der Waals surface area contributed by atoms with Gasteiger partial charge in [-0.1, -0.05) is 40.7 Å². The summed E-state index contributed by atoms with van der Waals surface area (Å²) >= 11 is 0. The largest absolute Gasteiger partial charge is 3.00 e.